The minimum atomic E-state index is -3.53. The third-order valence-electron chi connectivity index (χ3n) is 2.22. The van der Waals surface area contributed by atoms with Gasteiger partial charge in [0.25, 0.3) is 0 Å². The van der Waals surface area contributed by atoms with Gasteiger partial charge in [-0.25, -0.2) is 8.42 Å². The maximum Gasteiger partial charge on any atom is 0.244 e. The molecule has 0 saturated carbocycles. The van der Waals surface area contributed by atoms with Crippen LogP contribution in [-0.2, 0) is 10.0 Å². The summed E-state index contributed by atoms with van der Waals surface area (Å²) < 4.78 is 25.3. The molecule has 6 heteroatoms. The maximum atomic E-state index is 12.0. The zero-order valence-electron chi connectivity index (χ0n) is 9.27. The Labute approximate surface area is 101 Å². The molecule has 0 aliphatic heterocycles. The van der Waals surface area contributed by atoms with Gasteiger partial charge in [0.2, 0.25) is 10.0 Å². The molecule has 0 spiro atoms. The first-order chi connectivity index (χ1) is 7.39. The van der Waals surface area contributed by atoms with Crippen LogP contribution in [0.3, 0.4) is 0 Å². The highest BCUT2D eigenvalue weighted by Gasteiger charge is 2.22. The first-order valence-electron chi connectivity index (χ1n) is 4.82. The Balaban J connectivity index is 3.17. The number of likely N-dealkylation sites (N-methyl/N-ethyl adjacent to an activating group) is 1. The molecule has 0 aliphatic carbocycles. The summed E-state index contributed by atoms with van der Waals surface area (Å²) in [5, 5.41) is 0.240. The molecule has 16 heavy (non-hydrogen) atoms. The van der Waals surface area contributed by atoms with E-state index in [-0.39, 0.29) is 23.0 Å². The third kappa shape index (κ3) is 2.74. The number of hydrogen-bond acceptors (Lipinski definition) is 3. The SMILES string of the molecule is Cc1ccc(S(=O)(=O)N(C)CCN)c(Cl)c1. The zero-order chi connectivity index (χ0) is 12.3. The quantitative estimate of drug-likeness (QED) is 0.888. The number of sulfonamides is 1. The molecule has 0 amide bonds. The molecule has 90 valence electrons. The van der Waals surface area contributed by atoms with Gasteiger partial charge in [-0.2, -0.15) is 4.31 Å². The van der Waals surface area contributed by atoms with Crippen molar-refractivity contribution in [3.63, 3.8) is 0 Å². The van der Waals surface area contributed by atoms with E-state index in [1.807, 2.05) is 6.92 Å². The van der Waals surface area contributed by atoms with Gasteiger partial charge in [-0.1, -0.05) is 17.7 Å². The summed E-state index contributed by atoms with van der Waals surface area (Å²) in [4.78, 5) is 0.121. The van der Waals surface area contributed by atoms with Gasteiger partial charge < -0.3 is 5.73 Å². The average molecular weight is 263 g/mol. The van der Waals surface area contributed by atoms with Crippen molar-refractivity contribution in [2.75, 3.05) is 20.1 Å². The minimum absolute atomic E-state index is 0.121. The fraction of sp³-hybridized carbons (Fsp3) is 0.400. The molecule has 0 unspecified atom stereocenters. The van der Waals surface area contributed by atoms with Crippen LogP contribution in [0.2, 0.25) is 5.02 Å². The van der Waals surface area contributed by atoms with Crippen molar-refractivity contribution in [2.45, 2.75) is 11.8 Å². The molecule has 1 rings (SSSR count). The molecule has 2 N–H and O–H groups in total. The van der Waals surface area contributed by atoms with E-state index in [2.05, 4.69) is 0 Å². The van der Waals surface area contributed by atoms with Crippen molar-refractivity contribution < 1.29 is 8.42 Å². The van der Waals surface area contributed by atoms with Crippen LogP contribution >= 0.6 is 11.6 Å². The lowest BCUT2D eigenvalue weighted by Crippen LogP contribution is -2.31. The summed E-state index contributed by atoms with van der Waals surface area (Å²) in [7, 11) is -2.04. The first-order valence-corrected chi connectivity index (χ1v) is 6.64. The summed E-state index contributed by atoms with van der Waals surface area (Å²) in [6.45, 7) is 2.40. The standard InChI is InChI=1S/C10H15ClN2O2S/c1-8-3-4-10(9(11)7-8)16(14,15)13(2)6-5-12/h3-4,7H,5-6,12H2,1-2H3. The van der Waals surface area contributed by atoms with Gasteiger partial charge in [0.1, 0.15) is 4.90 Å². The molecule has 0 atom stereocenters. The fourth-order valence-electron chi connectivity index (χ4n) is 1.28. The number of hydrogen-bond donors (Lipinski definition) is 1. The van der Waals surface area contributed by atoms with E-state index < -0.39 is 10.0 Å². The molecule has 0 radical (unpaired) electrons. The normalized spacial score (nSPS) is 12.1. The molecule has 1 aromatic rings. The predicted octanol–water partition coefficient (Wildman–Crippen LogP) is 1.23. The van der Waals surface area contributed by atoms with Crippen LogP contribution in [0.15, 0.2) is 23.1 Å². The second kappa shape index (κ2) is 5.14. The first kappa shape index (κ1) is 13.4. The monoisotopic (exact) mass is 262 g/mol. The van der Waals surface area contributed by atoms with Gasteiger partial charge >= 0.3 is 0 Å². The highest BCUT2D eigenvalue weighted by Crippen LogP contribution is 2.24. The lowest BCUT2D eigenvalue weighted by atomic mass is 10.2. The van der Waals surface area contributed by atoms with E-state index >= 15 is 0 Å². The molecule has 4 nitrogen and oxygen atoms in total. The molecule has 0 heterocycles. The smallest absolute Gasteiger partial charge is 0.244 e. The highest BCUT2D eigenvalue weighted by atomic mass is 35.5. The molecule has 1 aromatic carbocycles. The molecular formula is C10H15ClN2O2S. The average Bonchev–Trinajstić information content (AvgIpc) is 2.17. The van der Waals surface area contributed by atoms with Crippen molar-refractivity contribution in [3.8, 4) is 0 Å². The van der Waals surface area contributed by atoms with Crippen molar-refractivity contribution in [1.29, 1.82) is 0 Å². The Bertz CT molecular complexity index is 474. The van der Waals surface area contributed by atoms with Crippen LogP contribution in [-0.4, -0.2) is 32.9 Å². The van der Waals surface area contributed by atoms with Gasteiger partial charge in [0, 0.05) is 20.1 Å². The van der Waals surface area contributed by atoms with E-state index in [1.165, 1.54) is 17.4 Å². The number of rotatable bonds is 4. The number of nitrogens with zero attached hydrogens (tertiary/aromatic N) is 1. The van der Waals surface area contributed by atoms with Crippen molar-refractivity contribution in [2.24, 2.45) is 5.73 Å². The Hall–Kier alpha value is -0.620. The Morgan fingerprint density at radius 2 is 2.06 bits per heavy atom. The van der Waals surface area contributed by atoms with Crippen LogP contribution in [0, 0.1) is 6.92 Å². The van der Waals surface area contributed by atoms with Gasteiger partial charge in [-0.3, -0.25) is 0 Å². The van der Waals surface area contributed by atoms with Crippen LogP contribution in [0.4, 0.5) is 0 Å². The Kier molecular flexibility index (Phi) is 4.32. The maximum absolute atomic E-state index is 12.0. The summed E-state index contributed by atoms with van der Waals surface area (Å²) in [5.74, 6) is 0. The number of nitrogens with two attached hydrogens (primary N) is 1. The lowest BCUT2D eigenvalue weighted by Gasteiger charge is -2.17. The van der Waals surface area contributed by atoms with E-state index in [1.54, 1.807) is 12.1 Å². The molecule has 0 aromatic heterocycles. The topological polar surface area (TPSA) is 63.4 Å². The Morgan fingerprint density at radius 1 is 1.44 bits per heavy atom. The Morgan fingerprint density at radius 3 is 2.56 bits per heavy atom. The van der Waals surface area contributed by atoms with Gasteiger partial charge in [-0.15, -0.1) is 0 Å². The number of benzene rings is 1. The zero-order valence-corrected chi connectivity index (χ0v) is 10.8. The second-order valence-electron chi connectivity index (χ2n) is 3.55. The van der Waals surface area contributed by atoms with Crippen LogP contribution < -0.4 is 5.73 Å². The summed E-state index contributed by atoms with van der Waals surface area (Å²) in [6, 6.07) is 4.86. The van der Waals surface area contributed by atoms with Crippen molar-refractivity contribution >= 4 is 21.6 Å². The molecule has 0 aliphatic rings. The van der Waals surface area contributed by atoms with Gasteiger partial charge in [0.05, 0.1) is 5.02 Å². The molecule has 0 bridgehead atoms. The highest BCUT2D eigenvalue weighted by molar-refractivity contribution is 7.89. The largest absolute Gasteiger partial charge is 0.329 e. The van der Waals surface area contributed by atoms with Gasteiger partial charge in [0.15, 0.2) is 0 Å². The number of aryl methyl sites for hydroxylation is 1. The van der Waals surface area contributed by atoms with Gasteiger partial charge in [-0.05, 0) is 24.6 Å². The second-order valence-corrected chi connectivity index (χ2v) is 5.97. The van der Waals surface area contributed by atoms with E-state index in [9.17, 15) is 8.42 Å². The van der Waals surface area contributed by atoms with Crippen molar-refractivity contribution in [1.82, 2.24) is 4.31 Å². The predicted molar refractivity (Wildman–Crippen MR) is 65.1 cm³/mol. The molecule has 0 fully saturated rings. The van der Waals surface area contributed by atoms with Crippen LogP contribution in [0.25, 0.3) is 0 Å². The molecular weight excluding hydrogens is 248 g/mol. The fourth-order valence-corrected chi connectivity index (χ4v) is 3.04. The third-order valence-corrected chi connectivity index (χ3v) is 4.56. The molecule has 0 saturated heterocycles. The van der Waals surface area contributed by atoms with Crippen LogP contribution in [0.1, 0.15) is 5.56 Å². The number of halogens is 1. The van der Waals surface area contributed by atoms with Crippen molar-refractivity contribution in [3.05, 3.63) is 28.8 Å². The van der Waals surface area contributed by atoms with E-state index in [0.29, 0.717) is 0 Å². The summed E-state index contributed by atoms with van der Waals surface area (Å²) in [5.41, 5.74) is 6.25. The van der Waals surface area contributed by atoms with E-state index in [4.69, 9.17) is 17.3 Å². The lowest BCUT2D eigenvalue weighted by molar-refractivity contribution is 0.476. The van der Waals surface area contributed by atoms with Crippen LogP contribution in [0.5, 0.6) is 0 Å². The van der Waals surface area contributed by atoms with E-state index in [0.717, 1.165) is 5.56 Å². The summed E-state index contributed by atoms with van der Waals surface area (Å²) >= 11 is 5.92. The summed E-state index contributed by atoms with van der Waals surface area (Å²) in [6.07, 6.45) is 0. The minimum Gasteiger partial charge on any atom is -0.329 e.